The van der Waals surface area contributed by atoms with E-state index >= 15 is 0 Å². The average molecular weight is 386 g/mol. The van der Waals surface area contributed by atoms with Crippen molar-refractivity contribution in [1.29, 1.82) is 0 Å². The molecule has 28 heavy (non-hydrogen) atoms. The van der Waals surface area contributed by atoms with E-state index in [1.54, 1.807) is 0 Å². The van der Waals surface area contributed by atoms with Crippen LogP contribution in [0.3, 0.4) is 0 Å². The Bertz CT molecular complexity index is 698. The van der Waals surface area contributed by atoms with Gasteiger partial charge in [0.05, 0.1) is 12.0 Å². The van der Waals surface area contributed by atoms with Gasteiger partial charge in [0.15, 0.2) is 0 Å². The third-order valence-electron chi connectivity index (χ3n) is 5.91. The van der Waals surface area contributed by atoms with E-state index in [0.29, 0.717) is 32.5 Å². The van der Waals surface area contributed by atoms with Crippen molar-refractivity contribution in [2.45, 2.75) is 58.0 Å². The van der Waals surface area contributed by atoms with Gasteiger partial charge in [0.2, 0.25) is 17.7 Å². The van der Waals surface area contributed by atoms with Crippen LogP contribution in [-0.4, -0.2) is 53.2 Å². The van der Waals surface area contributed by atoms with E-state index in [1.165, 1.54) is 0 Å². The molecule has 1 aromatic rings. The maximum atomic E-state index is 12.9. The van der Waals surface area contributed by atoms with Gasteiger partial charge in [-0.05, 0) is 31.7 Å². The summed E-state index contributed by atoms with van der Waals surface area (Å²) in [5.41, 5.74) is 1.09. The Hall–Kier alpha value is -2.37. The molecule has 1 N–H and O–H groups in total. The van der Waals surface area contributed by atoms with Crippen LogP contribution in [0.2, 0.25) is 0 Å². The van der Waals surface area contributed by atoms with Crippen LogP contribution in [-0.2, 0) is 14.4 Å². The van der Waals surface area contributed by atoms with Crippen LogP contribution in [0.25, 0.3) is 0 Å². The van der Waals surface area contributed by atoms with Crippen molar-refractivity contribution in [2.75, 3.05) is 19.6 Å². The third-order valence-corrected chi connectivity index (χ3v) is 5.91. The third kappa shape index (κ3) is 4.72. The lowest BCUT2D eigenvalue weighted by Gasteiger charge is -2.34. The first-order valence-corrected chi connectivity index (χ1v) is 10.4. The number of benzene rings is 1. The fourth-order valence-corrected chi connectivity index (χ4v) is 4.21. The Labute approximate surface area is 167 Å². The van der Waals surface area contributed by atoms with Crippen molar-refractivity contribution in [2.24, 2.45) is 5.92 Å². The molecule has 2 saturated heterocycles. The lowest BCUT2D eigenvalue weighted by molar-refractivity contribution is -0.137. The number of likely N-dealkylation sites (tertiary alicyclic amines) is 2. The highest BCUT2D eigenvalue weighted by Gasteiger charge is 2.39. The zero-order valence-corrected chi connectivity index (χ0v) is 16.9. The fraction of sp³-hybridized carbons (Fsp3) is 0.591. The predicted molar refractivity (Wildman–Crippen MR) is 107 cm³/mol. The molecule has 2 atom stereocenters. The van der Waals surface area contributed by atoms with Gasteiger partial charge in [-0.3, -0.25) is 14.4 Å². The van der Waals surface area contributed by atoms with E-state index in [0.717, 1.165) is 24.8 Å². The number of carbonyl (C=O) groups is 3. The number of rotatable bonds is 6. The minimum atomic E-state index is -0.259. The molecule has 0 radical (unpaired) electrons. The molecule has 0 spiro atoms. The summed E-state index contributed by atoms with van der Waals surface area (Å²) in [6, 6.07) is 10.1. The van der Waals surface area contributed by atoms with Crippen LogP contribution in [0.15, 0.2) is 30.3 Å². The second-order valence-electron chi connectivity index (χ2n) is 7.95. The molecule has 2 aliphatic heterocycles. The van der Waals surface area contributed by atoms with Gasteiger partial charge in [0.25, 0.3) is 0 Å². The Morgan fingerprint density at radius 1 is 1.18 bits per heavy atom. The molecule has 2 unspecified atom stereocenters. The average Bonchev–Trinajstić information content (AvgIpc) is 3.10. The molecule has 0 saturated carbocycles. The lowest BCUT2D eigenvalue weighted by Crippen LogP contribution is -2.48. The van der Waals surface area contributed by atoms with Gasteiger partial charge in [-0.25, -0.2) is 0 Å². The first-order valence-electron chi connectivity index (χ1n) is 10.4. The van der Waals surface area contributed by atoms with Crippen molar-refractivity contribution in [3.8, 4) is 0 Å². The molecular weight excluding hydrogens is 354 g/mol. The topological polar surface area (TPSA) is 69.7 Å². The van der Waals surface area contributed by atoms with Crippen molar-refractivity contribution in [3.63, 3.8) is 0 Å². The molecule has 6 nitrogen and oxygen atoms in total. The van der Waals surface area contributed by atoms with Crippen LogP contribution < -0.4 is 5.32 Å². The molecule has 0 aromatic heterocycles. The minimum absolute atomic E-state index is 0.0222. The summed E-state index contributed by atoms with van der Waals surface area (Å²) in [4.78, 5) is 40.9. The maximum absolute atomic E-state index is 12.9. The Kier molecular flexibility index (Phi) is 6.70. The van der Waals surface area contributed by atoms with E-state index in [4.69, 9.17) is 0 Å². The summed E-state index contributed by atoms with van der Waals surface area (Å²) in [7, 11) is 0. The first kappa shape index (κ1) is 20.4. The van der Waals surface area contributed by atoms with Crippen molar-refractivity contribution in [1.82, 2.24) is 15.1 Å². The first-order chi connectivity index (χ1) is 13.5. The number of amides is 3. The predicted octanol–water partition coefficient (Wildman–Crippen LogP) is 2.50. The molecule has 2 fully saturated rings. The van der Waals surface area contributed by atoms with E-state index < -0.39 is 0 Å². The van der Waals surface area contributed by atoms with Crippen LogP contribution in [0.5, 0.6) is 0 Å². The van der Waals surface area contributed by atoms with E-state index in [9.17, 15) is 14.4 Å². The minimum Gasteiger partial charge on any atom is -0.353 e. The summed E-state index contributed by atoms with van der Waals surface area (Å²) in [6.07, 6.45) is 3.26. The highest BCUT2D eigenvalue weighted by atomic mass is 16.2. The molecule has 3 rings (SSSR count). The smallest absolute Gasteiger partial charge is 0.227 e. The second-order valence-corrected chi connectivity index (χ2v) is 7.95. The number of hydrogen-bond donors (Lipinski definition) is 1. The molecule has 3 amide bonds. The lowest BCUT2D eigenvalue weighted by atomic mass is 10.0. The van der Waals surface area contributed by atoms with Gasteiger partial charge >= 0.3 is 0 Å². The molecule has 2 heterocycles. The standard InChI is InChI=1S/C22H31N3O3/c1-3-7-20(26)23-19-10-12-24(13-11-19)22(28)18-14-21(27)25(15-18)16(2)17-8-5-4-6-9-17/h4-6,8-9,16,18-19H,3,7,10-15H2,1-2H3,(H,23,26). The van der Waals surface area contributed by atoms with Gasteiger partial charge in [0, 0.05) is 38.5 Å². The number of piperidine rings is 1. The molecule has 0 aliphatic carbocycles. The molecular formula is C22H31N3O3. The second kappa shape index (κ2) is 9.22. The molecule has 1 aromatic carbocycles. The zero-order valence-electron chi connectivity index (χ0n) is 16.9. The van der Waals surface area contributed by atoms with Gasteiger partial charge in [-0.15, -0.1) is 0 Å². The highest BCUT2D eigenvalue weighted by Crippen LogP contribution is 2.30. The molecule has 6 heteroatoms. The Morgan fingerprint density at radius 3 is 2.50 bits per heavy atom. The van der Waals surface area contributed by atoms with Gasteiger partial charge in [-0.2, -0.15) is 0 Å². The number of hydrogen-bond acceptors (Lipinski definition) is 3. The van der Waals surface area contributed by atoms with Crippen molar-refractivity contribution < 1.29 is 14.4 Å². The van der Waals surface area contributed by atoms with Crippen LogP contribution in [0.4, 0.5) is 0 Å². The number of nitrogens with zero attached hydrogens (tertiary/aromatic N) is 2. The SMILES string of the molecule is CCCC(=O)NC1CCN(C(=O)C2CC(=O)N(C(C)c3ccccc3)C2)CC1. The number of nitrogens with one attached hydrogen (secondary N) is 1. The summed E-state index contributed by atoms with van der Waals surface area (Å²) in [5.74, 6) is -0.0324. The normalized spacial score (nSPS) is 21.6. The van der Waals surface area contributed by atoms with Crippen LogP contribution in [0, 0.1) is 5.92 Å². The highest BCUT2D eigenvalue weighted by molar-refractivity contribution is 5.89. The van der Waals surface area contributed by atoms with E-state index in [1.807, 2.05) is 54.0 Å². The van der Waals surface area contributed by atoms with Gasteiger partial charge in [0.1, 0.15) is 0 Å². The molecule has 2 aliphatic rings. The summed E-state index contributed by atoms with van der Waals surface area (Å²) >= 11 is 0. The largest absolute Gasteiger partial charge is 0.353 e. The Balaban J connectivity index is 1.52. The monoisotopic (exact) mass is 385 g/mol. The van der Waals surface area contributed by atoms with Crippen LogP contribution >= 0.6 is 0 Å². The molecule has 0 bridgehead atoms. The van der Waals surface area contributed by atoms with Gasteiger partial charge < -0.3 is 15.1 Å². The Morgan fingerprint density at radius 2 is 1.86 bits per heavy atom. The molecule has 152 valence electrons. The maximum Gasteiger partial charge on any atom is 0.227 e. The summed E-state index contributed by atoms with van der Waals surface area (Å²) in [5, 5.41) is 3.06. The van der Waals surface area contributed by atoms with E-state index in [2.05, 4.69) is 5.32 Å². The van der Waals surface area contributed by atoms with Crippen LogP contribution in [0.1, 0.15) is 57.6 Å². The van der Waals surface area contributed by atoms with Crippen molar-refractivity contribution in [3.05, 3.63) is 35.9 Å². The number of carbonyl (C=O) groups excluding carboxylic acids is 3. The zero-order chi connectivity index (χ0) is 20.1. The van der Waals surface area contributed by atoms with Crippen molar-refractivity contribution >= 4 is 17.7 Å². The summed E-state index contributed by atoms with van der Waals surface area (Å²) < 4.78 is 0. The fourth-order valence-electron chi connectivity index (χ4n) is 4.21. The van der Waals surface area contributed by atoms with Gasteiger partial charge in [-0.1, -0.05) is 37.3 Å². The summed E-state index contributed by atoms with van der Waals surface area (Å²) in [6.45, 7) is 5.79. The van der Waals surface area contributed by atoms with E-state index in [-0.39, 0.29) is 35.7 Å². The quantitative estimate of drug-likeness (QED) is 0.818.